The van der Waals surface area contributed by atoms with E-state index in [1.807, 2.05) is 6.92 Å². The Labute approximate surface area is 162 Å². The minimum absolute atomic E-state index is 0.0200. The highest BCUT2D eigenvalue weighted by Crippen LogP contribution is 2.52. The summed E-state index contributed by atoms with van der Waals surface area (Å²) in [6, 6.07) is 6.13. The first-order valence-corrected chi connectivity index (χ1v) is 10.3. The second kappa shape index (κ2) is 7.06. The molecule has 1 aliphatic heterocycles. The standard InChI is InChI=1S/C21H23FO4S/c1-10-7-17(24)19-15(9-27-13-5-3-12(22)4-6-13)21(25)26-20(19)18-11(2)16(23)8-14(10)18/h3-6,11,14-15,17-20,24H,1,7-9H2,2H3/t11-,14+,15+,17+,18+,19-,20+/m1/s1. The van der Waals surface area contributed by atoms with Crippen LogP contribution in [0.4, 0.5) is 4.39 Å². The Bertz CT molecular complexity index is 777. The van der Waals surface area contributed by atoms with E-state index in [1.165, 1.54) is 23.9 Å². The lowest BCUT2D eigenvalue weighted by Crippen LogP contribution is -2.38. The third-order valence-corrected chi connectivity index (χ3v) is 7.56. The van der Waals surface area contributed by atoms with Gasteiger partial charge in [0.1, 0.15) is 17.7 Å². The van der Waals surface area contributed by atoms with Gasteiger partial charge in [-0.15, -0.1) is 11.8 Å². The van der Waals surface area contributed by atoms with Gasteiger partial charge in [-0.2, -0.15) is 0 Å². The van der Waals surface area contributed by atoms with Crippen LogP contribution in [0.2, 0.25) is 0 Å². The van der Waals surface area contributed by atoms with Gasteiger partial charge < -0.3 is 9.84 Å². The molecule has 1 saturated heterocycles. The Kier molecular flexibility index (Phi) is 4.89. The summed E-state index contributed by atoms with van der Waals surface area (Å²) in [6.07, 6.45) is -0.332. The molecule has 0 aromatic heterocycles. The second-order valence-corrected chi connectivity index (χ2v) is 9.02. The van der Waals surface area contributed by atoms with Gasteiger partial charge in [0.15, 0.2) is 0 Å². The summed E-state index contributed by atoms with van der Waals surface area (Å²) in [5.74, 6) is -1.08. The highest BCUT2D eigenvalue weighted by atomic mass is 32.2. The maximum atomic E-state index is 13.1. The minimum atomic E-state index is -0.708. The fraction of sp³-hybridized carbons (Fsp3) is 0.524. The molecule has 0 radical (unpaired) electrons. The van der Waals surface area contributed by atoms with E-state index < -0.39 is 18.1 Å². The van der Waals surface area contributed by atoms with E-state index in [0.29, 0.717) is 18.6 Å². The van der Waals surface area contributed by atoms with Crippen LogP contribution in [0.15, 0.2) is 41.3 Å². The number of carbonyl (C=O) groups is 2. The van der Waals surface area contributed by atoms with Crippen LogP contribution in [0, 0.1) is 35.4 Å². The number of fused-ring (bicyclic) bond motifs is 3. The Balaban J connectivity index is 1.58. The lowest BCUT2D eigenvalue weighted by atomic mass is 9.77. The Morgan fingerprint density at radius 2 is 1.93 bits per heavy atom. The highest BCUT2D eigenvalue weighted by Gasteiger charge is 2.58. The van der Waals surface area contributed by atoms with Crippen molar-refractivity contribution in [3.05, 3.63) is 42.2 Å². The van der Waals surface area contributed by atoms with Gasteiger partial charge in [0.2, 0.25) is 0 Å². The van der Waals surface area contributed by atoms with Crippen LogP contribution in [0.25, 0.3) is 0 Å². The summed E-state index contributed by atoms with van der Waals surface area (Å²) in [4.78, 5) is 25.8. The number of aliphatic hydroxyl groups excluding tert-OH is 1. The molecule has 0 unspecified atom stereocenters. The molecule has 7 atom stereocenters. The molecule has 6 heteroatoms. The molecule has 0 amide bonds. The Morgan fingerprint density at radius 3 is 2.63 bits per heavy atom. The van der Waals surface area contributed by atoms with Gasteiger partial charge in [0.25, 0.3) is 0 Å². The molecular weight excluding hydrogens is 367 g/mol. The molecule has 2 saturated carbocycles. The molecule has 1 aromatic rings. The average Bonchev–Trinajstić information content (AvgIpc) is 3.08. The predicted octanol–water partition coefficient (Wildman–Crippen LogP) is 3.24. The smallest absolute Gasteiger partial charge is 0.310 e. The van der Waals surface area contributed by atoms with Gasteiger partial charge in [-0.3, -0.25) is 9.59 Å². The average molecular weight is 390 g/mol. The SMILES string of the molecule is C=C1C[C@H](O)[C@@H]2[C@@H](OC(=O)[C@H]2CSc2ccc(F)cc2)[C@H]2[C@H](C)C(=O)C[C@@H]12. The molecule has 1 aromatic carbocycles. The molecule has 0 bridgehead atoms. The molecular formula is C21H23FO4S. The largest absolute Gasteiger partial charge is 0.461 e. The van der Waals surface area contributed by atoms with Gasteiger partial charge >= 0.3 is 5.97 Å². The molecule has 3 aliphatic rings. The van der Waals surface area contributed by atoms with E-state index in [-0.39, 0.29) is 41.2 Å². The van der Waals surface area contributed by atoms with Crippen molar-refractivity contribution >= 4 is 23.5 Å². The topological polar surface area (TPSA) is 63.6 Å². The van der Waals surface area contributed by atoms with E-state index in [0.717, 1.165) is 10.5 Å². The van der Waals surface area contributed by atoms with Crippen molar-refractivity contribution in [2.75, 3.05) is 5.75 Å². The quantitative estimate of drug-likeness (QED) is 0.488. The third kappa shape index (κ3) is 3.23. The van der Waals surface area contributed by atoms with Gasteiger partial charge in [0.05, 0.1) is 12.0 Å². The number of benzene rings is 1. The van der Waals surface area contributed by atoms with Crippen molar-refractivity contribution in [1.29, 1.82) is 0 Å². The number of rotatable bonds is 3. The number of carbonyl (C=O) groups excluding carboxylic acids is 2. The highest BCUT2D eigenvalue weighted by molar-refractivity contribution is 7.99. The minimum Gasteiger partial charge on any atom is -0.461 e. The van der Waals surface area contributed by atoms with Crippen molar-refractivity contribution in [3.63, 3.8) is 0 Å². The molecule has 144 valence electrons. The van der Waals surface area contributed by atoms with E-state index in [9.17, 15) is 19.1 Å². The van der Waals surface area contributed by atoms with Gasteiger partial charge in [-0.1, -0.05) is 19.1 Å². The molecule has 0 spiro atoms. The van der Waals surface area contributed by atoms with E-state index in [1.54, 1.807) is 12.1 Å². The number of Topliss-reactive ketones (excluding diaryl/α,β-unsaturated/α-hetero) is 1. The first kappa shape index (κ1) is 18.7. The Hall–Kier alpha value is -1.66. The van der Waals surface area contributed by atoms with Crippen LogP contribution in [0.1, 0.15) is 19.8 Å². The lowest BCUT2D eigenvalue weighted by Gasteiger charge is -2.29. The molecule has 4 rings (SSSR count). The number of ether oxygens (including phenoxy) is 1. The number of thioether (sulfide) groups is 1. The monoisotopic (exact) mass is 390 g/mol. The number of aliphatic hydroxyl groups is 1. The predicted molar refractivity (Wildman–Crippen MR) is 99.5 cm³/mol. The van der Waals surface area contributed by atoms with Crippen molar-refractivity contribution in [1.82, 2.24) is 0 Å². The van der Waals surface area contributed by atoms with Gasteiger partial charge in [-0.05, 0) is 36.6 Å². The Morgan fingerprint density at radius 1 is 1.22 bits per heavy atom. The van der Waals surface area contributed by atoms with E-state index in [2.05, 4.69) is 6.58 Å². The first-order chi connectivity index (χ1) is 12.9. The van der Waals surface area contributed by atoms with Crippen molar-refractivity contribution < 1.29 is 23.8 Å². The number of halogens is 1. The normalized spacial score (nSPS) is 38.3. The third-order valence-electron chi connectivity index (χ3n) is 6.43. The van der Waals surface area contributed by atoms with Crippen molar-refractivity contribution in [3.8, 4) is 0 Å². The van der Waals surface area contributed by atoms with Crippen LogP contribution in [0.3, 0.4) is 0 Å². The number of hydrogen-bond acceptors (Lipinski definition) is 5. The molecule has 3 fully saturated rings. The molecule has 1 heterocycles. The summed E-state index contributed by atoms with van der Waals surface area (Å²) < 4.78 is 18.8. The van der Waals surface area contributed by atoms with Crippen LogP contribution in [-0.2, 0) is 14.3 Å². The molecule has 27 heavy (non-hydrogen) atoms. The first-order valence-electron chi connectivity index (χ1n) is 9.34. The summed E-state index contributed by atoms with van der Waals surface area (Å²) in [5.41, 5.74) is 0.889. The summed E-state index contributed by atoms with van der Waals surface area (Å²) in [5, 5.41) is 10.8. The van der Waals surface area contributed by atoms with E-state index >= 15 is 0 Å². The number of esters is 1. The maximum absolute atomic E-state index is 13.1. The summed E-state index contributed by atoms with van der Waals surface area (Å²) in [6.45, 7) is 6.01. The zero-order chi connectivity index (χ0) is 19.3. The fourth-order valence-electron chi connectivity index (χ4n) is 4.99. The van der Waals surface area contributed by atoms with Gasteiger partial charge in [0, 0.05) is 34.8 Å². The van der Waals surface area contributed by atoms with Crippen LogP contribution in [-0.4, -0.2) is 34.8 Å². The van der Waals surface area contributed by atoms with Crippen LogP contribution >= 0.6 is 11.8 Å². The van der Waals surface area contributed by atoms with Gasteiger partial charge in [-0.25, -0.2) is 4.39 Å². The lowest BCUT2D eigenvalue weighted by molar-refractivity contribution is -0.146. The second-order valence-electron chi connectivity index (χ2n) is 7.92. The van der Waals surface area contributed by atoms with Crippen molar-refractivity contribution in [2.24, 2.45) is 29.6 Å². The zero-order valence-corrected chi connectivity index (χ0v) is 16.0. The fourth-order valence-corrected chi connectivity index (χ4v) is 6.05. The molecule has 1 N–H and O–H groups in total. The summed E-state index contributed by atoms with van der Waals surface area (Å²) >= 11 is 1.45. The van der Waals surface area contributed by atoms with E-state index in [4.69, 9.17) is 4.74 Å². The van der Waals surface area contributed by atoms with Crippen LogP contribution in [0.5, 0.6) is 0 Å². The van der Waals surface area contributed by atoms with Crippen LogP contribution < -0.4 is 0 Å². The molecule has 4 nitrogen and oxygen atoms in total. The number of ketones is 1. The zero-order valence-electron chi connectivity index (χ0n) is 15.1. The maximum Gasteiger partial charge on any atom is 0.310 e. The number of hydrogen-bond donors (Lipinski definition) is 1. The summed E-state index contributed by atoms with van der Waals surface area (Å²) in [7, 11) is 0. The molecule has 2 aliphatic carbocycles. The van der Waals surface area contributed by atoms with Crippen molar-refractivity contribution in [2.45, 2.75) is 36.9 Å².